The van der Waals surface area contributed by atoms with Gasteiger partial charge in [-0.1, -0.05) is 12.1 Å². The number of carbonyl (C=O) groups excluding carboxylic acids is 2. The van der Waals surface area contributed by atoms with Gasteiger partial charge in [0.25, 0.3) is 5.91 Å². The van der Waals surface area contributed by atoms with E-state index in [1.165, 1.54) is 36.5 Å². The van der Waals surface area contributed by atoms with E-state index >= 15 is 0 Å². The van der Waals surface area contributed by atoms with Crippen molar-refractivity contribution in [3.63, 3.8) is 0 Å². The van der Waals surface area contributed by atoms with Crippen LogP contribution in [0.15, 0.2) is 48.5 Å². The number of fused-ring (bicyclic) bond motifs is 3. The van der Waals surface area contributed by atoms with Crippen LogP contribution in [0, 0.1) is 5.82 Å². The van der Waals surface area contributed by atoms with Crippen LogP contribution >= 0.6 is 11.3 Å². The lowest BCUT2D eigenvalue weighted by Gasteiger charge is -2.16. The molecule has 2 heterocycles. The standard InChI is InChI=1S/C20H15FN2O3S/c1-11(24)22-16-9-13(6-7-15(16)21)23-20(25)18-8-12-10-26-17-5-3-2-4-14(17)19(12)27-18/h2-9H,10H2,1H3,(H,22,24)(H,23,25). The highest BCUT2D eigenvalue weighted by Crippen LogP contribution is 2.42. The molecule has 7 heteroatoms. The minimum absolute atomic E-state index is 0.0214. The molecule has 0 unspecified atom stereocenters. The Bertz CT molecular complexity index is 1060. The largest absolute Gasteiger partial charge is 0.488 e. The molecule has 0 atom stereocenters. The Balaban J connectivity index is 1.59. The van der Waals surface area contributed by atoms with Crippen molar-refractivity contribution < 1.29 is 18.7 Å². The Morgan fingerprint density at radius 2 is 1.93 bits per heavy atom. The van der Waals surface area contributed by atoms with Crippen LogP contribution in [0.25, 0.3) is 10.4 Å². The quantitative estimate of drug-likeness (QED) is 0.692. The first kappa shape index (κ1) is 17.2. The molecule has 2 N–H and O–H groups in total. The minimum Gasteiger partial charge on any atom is -0.488 e. The molecule has 136 valence electrons. The highest BCUT2D eigenvalue weighted by atomic mass is 32.1. The second-order valence-corrected chi connectivity index (χ2v) is 7.13. The van der Waals surface area contributed by atoms with Crippen LogP contribution < -0.4 is 15.4 Å². The Kier molecular flexibility index (Phi) is 4.37. The fraction of sp³-hybridized carbons (Fsp3) is 0.100. The van der Waals surface area contributed by atoms with Gasteiger partial charge in [-0.25, -0.2) is 4.39 Å². The first-order valence-electron chi connectivity index (χ1n) is 8.24. The Labute approximate surface area is 158 Å². The van der Waals surface area contributed by atoms with Gasteiger partial charge in [0.1, 0.15) is 18.2 Å². The molecule has 1 aliphatic rings. The molecule has 0 bridgehead atoms. The van der Waals surface area contributed by atoms with Crippen LogP contribution in [-0.4, -0.2) is 11.8 Å². The van der Waals surface area contributed by atoms with Crippen LogP contribution in [0.3, 0.4) is 0 Å². The molecule has 1 aliphatic heterocycles. The third kappa shape index (κ3) is 3.41. The zero-order valence-corrected chi connectivity index (χ0v) is 15.2. The maximum absolute atomic E-state index is 13.7. The van der Waals surface area contributed by atoms with Crippen molar-refractivity contribution in [1.29, 1.82) is 0 Å². The number of hydrogen-bond donors (Lipinski definition) is 2. The van der Waals surface area contributed by atoms with E-state index in [1.807, 2.05) is 30.3 Å². The van der Waals surface area contributed by atoms with Gasteiger partial charge in [-0.2, -0.15) is 0 Å². The first-order chi connectivity index (χ1) is 13.0. The summed E-state index contributed by atoms with van der Waals surface area (Å²) in [6, 6.07) is 13.6. The van der Waals surface area contributed by atoms with E-state index in [1.54, 1.807) is 0 Å². The lowest BCUT2D eigenvalue weighted by molar-refractivity contribution is -0.114. The number of thiophene rings is 1. The second kappa shape index (κ2) is 6.85. The summed E-state index contributed by atoms with van der Waals surface area (Å²) in [4.78, 5) is 25.3. The summed E-state index contributed by atoms with van der Waals surface area (Å²) < 4.78 is 19.5. The fourth-order valence-electron chi connectivity index (χ4n) is 2.89. The van der Waals surface area contributed by atoms with Gasteiger partial charge < -0.3 is 15.4 Å². The summed E-state index contributed by atoms with van der Waals surface area (Å²) in [5.74, 6) is -0.449. The lowest BCUT2D eigenvalue weighted by Crippen LogP contribution is -2.12. The summed E-state index contributed by atoms with van der Waals surface area (Å²) in [6.45, 7) is 1.71. The average molecular weight is 382 g/mol. The fourth-order valence-corrected chi connectivity index (χ4v) is 3.98. The first-order valence-corrected chi connectivity index (χ1v) is 9.06. The number of rotatable bonds is 3. The van der Waals surface area contributed by atoms with E-state index in [-0.39, 0.29) is 17.5 Å². The molecule has 0 spiro atoms. The Hall–Kier alpha value is -3.19. The summed E-state index contributed by atoms with van der Waals surface area (Å²) in [5.41, 5.74) is 2.35. The predicted octanol–water partition coefficient (Wildman–Crippen LogP) is 4.66. The number of anilines is 2. The van der Waals surface area contributed by atoms with Crippen LogP contribution in [0.1, 0.15) is 22.2 Å². The molecular weight excluding hydrogens is 367 g/mol. The average Bonchev–Trinajstić information content (AvgIpc) is 3.09. The van der Waals surface area contributed by atoms with Gasteiger partial charge in [-0.3, -0.25) is 9.59 Å². The molecule has 5 nitrogen and oxygen atoms in total. The number of para-hydroxylation sites is 1. The number of carbonyl (C=O) groups is 2. The molecule has 2 aromatic carbocycles. The highest BCUT2D eigenvalue weighted by Gasteiger charge is 2.22. The molecule has 0 saturated carbocycles. The van der Waals surface area contributed by atoms with E-state index in [2.05, 4.69) is 10.6 Å². The zero-order valence-electron chi connectivity index (χ0n) is 14.3. The molecule has 2 amide bonds. The zero-order chi connectivity index (χ0) is 19.0. The summed E-state index contributed by atoms with van der Waals surface area (Å²) in [7, 11) is 0. The topological polar surface area (TPSA) is 67.4 Å². The van der Waals surface area contributed by atoms with Crippen LogP contribution in [0.5, 0.6) is 5.75 Å². The maximum atomic E-state index is 13.7. The number of halogens is 1. The predicted molar refractivity (Wildman–Crippen MR) is 103 cm³/mol. The van der Waals surface area contributed by atoms with Crippen molar-refractivity contribution >= 4 is 34.5 Å². The third-order valence-electron chi connectivity index (χ3n) is 4.08. The molecule has 0 saturated heterocycles. The van der Waals surface area contributed by atoms with Gasteiger partial charge in [0.2, 0.25) is 5.91 Å². The molecular formula is C20H15FN2O3S. The smallest absolute Gasteiger partial charge is 0.265 e. The molecule has 1 aromatic heterocycles. The minimum atomic E-state index is -0.566. The van der Waals surface area contributed by atoms with Gasteiger partial charge >= 0.3 is 0 Å². The van der Waals surface area contributed by atoms with Crippen molar-refractivity contribution in [2.45, 2.75) is 13.5 Å². The van der Waals surface area contributed by atoms with Gasteiger partial charge in [0.05, 0.1) is 10.6 Å². The van der Waals surface area contributed by atoms with Crippen molar-refractivity contribution in [1.82, 2.24) is 0 Å². The Morgan fingerprint density at radius 1 is 1.11 bits per heavy atom. The SMILES string of the molecule is CC(=O)Nc1cc(NC(=O)c2cc3c(s2)-c2ccccc2OC3)ccc1F. The van der Waals surface area contributed by atoms with Crippen LogP contribution in [0.2, 0.25) is 0 Å². The lowest BCUT2D eigenvalue weighted by atomic mass is 10.1. The number of ether oxygens (including phenoxy) is 1. The number of nitrogens with one attached hydrogen (secondary N) is 2. The summed E-state index contributed by atoms with van der Waals surface area (Å²) >= 11 is 1.39. The van der Waals surface area contributed by atoms with Gasteiger partial charge in [0.15, 0.2) is 0 Å². The van der Waals surface area contributed by atoms with Crippen molar-refractivity contribution in [3.05, 3.63) is 64.8 Å². The molecule has 3 aromatic rings. The van der Waals surface area contributed by atoms with Gasteiger partial charge in [-0.15, -0.1) is 11.3 Å². The number of amides is 2. The van der Waals surface area contributed by atoms with Crippen molar-refractivity contribution in [2.75, 3.05) is 10.6 Å². The van der Waals surface area contributed by atoms with Crippen LogP contribution in [-0.2, 0) is 11.4 Å². The normalized spacial score (nSPS) is 11.8. The van der Waals surface area contributed by atoms with Crippen molar-refractivity contribution in [2.24, 2.45) is 0 Å². The summed E-state index contributed by atoms with van der Waals surface area (Å²) in [6.07, 6.45) is 0. The van der Waals surface area contributed by atoms with Gasteiger partial charge in [0, 0.05) is 28.6 Å². The molecule has 0 radical (unpaired) electrons. The molecule has 4 rings (SSSR count). The van der Waals surface area contributed by atoms with E-state index < -0.39 is 5.82 Å². The highest BCUT2D eigenvalue weighted by molar-refractivity contribution is 7.17. The molecule has 0 fully saturated rings. The summed E-state index contributed by atoms with van der Waals surface area (Å²) in [5, 5.41) is 5.14. The number of hydrogen-bond acceptors (Lipinski definition) is 4. The Morgan fingerprint density at radius 3 is 2.74 bits per heavy atom. The van der Waals surface area contributed by atoms with E-state index in [9.17, 15) is 14.0 Å². The third-order valence-corrected chi connectivity index (χ3v) is 5.29. The maximum Gasteiger partial charge on any atom is 0.265 e. The van der Waals surface area contributed by atoms with Crippen molar-refractivity contribution in [3.8, 4) is 16.2 Å². The molecule has 0 aliphatic carbocycles. The van der Waals surface area contributed by atoms with E-state index in [0.717, 1.165) is 21.8 Å². The van der Waals surface area contributed by atoms with Crippen LogP contribution in [0.4, 0.5) is 15.8 Å². The van der Waals surface area contributed by atoms with Gasteiger partial charge in [-0.05, 0) is 36.4 Å². The monoisotopic (exact) mass is 382 g/mol. The second-order valence-electron chi connectivity index (χ2n) is 6.08. The molecule has 27 heavy (non-hydrogen) atoms. The van der Waals surface area contributed by atoms with E-state index in [4.69, 9.17) is 4.74 Å². The van der Waals surface area contributed by atoms with E-state index in [0.29, 0.717) is 17.2 Å². The number of benzene rings is 2.